The fourth-order valence-electron chi connectivity index (χ4n) is 6.32. The molecule has 5 heterocycles. The summed E-state index contributed by atoms with van der Waals surface area (Å²) in [7, 11) is 4.33. The number of rotatable bonds is 0. The molecule has 4 aliphatic rings. The molecule has 0 N–H and O–H groups in total. The van der Waals surface area contributed by atoms with Gasteiger partial charge in [0, 0.05) is 62.0 Å². The molecule has 4 unspecified atom stereocenters. The summed E-state index contributed by atoms with van der Waals surface area (Å²) >= 11 is 0. The second-order valence-electron chi connectivity index (χ2n) is 9.04. The summed E-state index contributed by atoms with van der Waals surface area (Å²) in [5.74, 6) is 2.24. The van der Waals surface area contributed by atoms with E-state index < -0.39 is 0 Å². The highest BCUT2D eigenvalue weighted by Crippen LogP contribution is 2.59. The number of nitrogens with zero attached hydrogens (tertiary/aromatic N) is 6. The van der Waals surface area contributed by atoms with E-state index in [2.05, 4.69) is 94.6 Å². The molecule has 3 aromatic rings. The van der Waals surface area contributed by atoms with Crippen molar-refractivity contribution in [3.63, 3.8) is 0 Å². The fraction of sp³-hybridized carbons (Fsp3) is 0.231. The highest BCUT2D eigenvalue weighted by molar-refractivity contribution is 5.88. The van der Waals surface area contributed by atoms with Gasteiger partial charge >= 0.3 is 0 Å². The molecule has 7 rings (SSSR count). The first-order valence-corrected chi connectivity index (χ1v) is 11.1. The highest BCUT2D eigenvalue weighted by Gasteiger charge is 2.56. The molecule has 1 aromatic heterocycles. The molecule has 32 heavy (non-hydrogen) atoms. The van der Waals surface area contributed by atoms with Gasteiger partial charge in [-0.3, -0.25) is 0 Å². The maximum absolute atomic E-state index is 4.77. The molecule has 0 aliphatic carbocycles. The van der Waals surface area contributed by atoms with Crippen LogP contribution in [0.3, 0.4) is 0 Å². The summed E-state index contributed by atoms with van der Waals surface area (Å²) in [6.07, 6.45) is 8.21. The lowest BCUT2D eigenvalue weighted by Gasteiger charge is -2.49. The second-order valence-corrected chi connectivity index (χ2v) is 9.04. The van der Waals surface area contributed by atoms with Crippen molar-refractivity contribution in [2.45, 2.75) is 18.2 Å². The van der Waals surface area contributed by atoms with E-state index in [1.165, 1.54) is 28.1 Å². The van der Waals surface area contributed by atoms with Crippen LogP contribution in [0.15, 0.2) is 79.9 Å². The number of allylic oxidation sites excluding steroid dienone is 1. The molecule has 0 amide bonds. The predicted molar refractivity (Wildman–Crippen MR) is 128 cm³/mol. The van der Waals surface area contributed by atoms with Gasteiger partial charge in [0.1, 0.15) is 12.3 Å². The van der Waals surface area contributed by atoms with Crippen molar-refractivity contribution in [3.8, 4) is 0 Å². The van der Waals surface area contributed by atoms with Crippen LogP contribution in [0.4, 0.5) is 23.0 Å². The Labute approximate surface area is 187 Å². The molecule has 6 heteroatoms. The summed E-state index contributed by atoms with van der Waals surface area (Å²) in [6.45, 7) is 4.70. The van der Waals surface area contributed by atoms with Crippen LogP contribution < -0.4 is 14.7 Å². The van der Waals surface area contributed by atoms with E-state index in [1.54, 1.807) is 12.4 Å². The Bertz CT molecular complexity index is 1300. The van der Waals surface area contributed by atoms with E-state index in [9.17, 15) is 0 Å². The lowest BCUT2D eigenvalue weighted by molar-refractivity contribution is 0.208. The predicted octanol–water partition coefficient (Wildman–Crippen LogP) is 4.38. The van der Waals surface area contributed by atoms with Crippen molar-refractivity contribution >= 4 is 28.6 Å². The van der Waals surface area contributed by atoms with Gasteiger partial charge in [-0.15, -0.1) is 0 Å². The Morgan fingerprint density at radius 1 is 0.812 bits per heavy atom. The average Bonchev–Trinajstić information content (AvgIpc) is 3.32. The van der Waals surface area contributed by atoms with Gasteiger partial charge in [0.15, 0.2) is 11.6 Å². The molecule has 158 valence electrons. The number of benzene rings is 2. The zero-order valence-corrected chi connectivity index (χ0v) is 18.1. The van der Waals surface area contributed by atoms with Crippen molar-refractivity contribution in [1.29, 1.82) is 0 Å². The van der Waals surface area contributed by atoms with Crippen LogP contribution in [0.25, 0.3) is 5.57 Å². The maximum Gasteiger partial charge on any atom is 0.178 e. The van der Waals surface area contributed by atoms with E-state index in [4.69, 9.17) is 16.5 Å². The number of fused-ring (bicyclic) bond motifs is 12. The second kappa shape index (κ2) is 6.13. The van der Waals surface area contributed by atoms with Crippen LogP contribution in [0.5, 0.6) is 0 Å². The van der Waals surface area contributed by atoms with E-state index >= 15 is 0 Å². The summed E-state index contributed by atoms with van der Waals surface area (Å²) in [4.78, 5) is 19.0. The number of para-hydroxylation sites is 2. The third-order valence-electron chi connectivity index (χ3n) is 7.56. The third-order valence-corrected chi connectivity index (χ3v) is 7.56. The number of hydrogen-bond acceptors (Lipinski definition) is 6. The zero-order valence-electron chi connectivity index (χ0n) is 18.1. The standard InChI is InChI=1S/C26H24N6/c1-16-17-8-4-6-10-19(17)31-15-14-29(2)25(31)22-21(16)18-9-5-7-11-20(18)32-24-23(27-12-13-28-24)30(3)26(22)32/h4-15,21-22,25-26H,1H2,2-3H3. The van der Waals surface area contributed by atoms with Crippen molar-refractivity contribution in [3.05, 3.63) is 91.0 Å². The first-order valence-electron chi connectivity index (χ1n) is 11.1. The summed E-state index contributed by atoms with van der Waals surface area (Å²) in [5.41, 5.74) is 6.13. The van der Waals surface area contributed by atoms with Gasteiger partial charge in [-0.05, 0) is 23.3 Å². The van der Waals surface area contributed by atoms with E-state index in [0.29, 0.717) is 0 Å². The molecule has 0 saturated heterocycles. The minimum atomic E-state index is 0.0770. The number of aromatic nitrogens is 2. The molecule has 4 aliphatic heterocycles. The van der Waals surface area contributed by atoms with E-state index in [-0.39, 0.29) is 24.2 Å². The van der Waals surface area contributed by atoms with Crippen LogP contribution in [0.1, 0.15) is 17.0 Å². The van der Waals surface area contributed by atoms with Crippen molar-refractivity contribution in [2.75, 3.05) is 28.8 Å². The van der Waals surface area contributed by atoms with Crippen LogP contribution in [-0.2, 0) is 0 Å². The topological polar surface area (TPSA) is 38.7 Å². The minimum absolute atomic E-state index is 0.0770. The first-order chi connectivity index (χ1) is 15.7. The van der Waals surface area contributed by atoms with Crippen LogP contribution in [0.2, 0.25) is 0 Å². The molecule has 0 bridgehead atoms. The van der Waals surface area contributed by atoms with Crippen molar-refractivity contribution in [2.24, 2.45) is 5.92 Å². The van der Waals surface area contributed by atoms with E-state index in [1.807, 2.05) is 0 Å². The summed E-state index contributed by atoms with van der Waals surface area (Å²) in [5, 5.41) is 0. The van der Waals surface area contributed by atoms with E-state index in [0.717, 1.165) is 11.6 Å². The third kappa shape index (κ3) is 2.04. The number of hydrogen-bond donors (Lipinski definition) is 0. The largest absolute Gasteiger partial charge is 0.358 e. The molecular formula is C26H24N6. The Morgan fingerprint density at radius 2 is 1.53 bits per heavy atom. The van der Waals surface area contributed by atoms with Crippen molar-refractivity contribution in [1.82, 2.24) is 14.9 Å². The molecule has 0 radical (unpaired) electrons. The van der Waals surface area contributed by atoms with Gasteiger partial charge in [0.25, 0.3) is 0 Å². The molecule has 0 saturated carbocycles. The van der Waals surface area contributed by atoms with Gasteiger partial charge in [-0.25, -0.2) is 9.97 Å². The normalized spacial score (nSPS) is 26.8. The maximum atomic E-state index is 4.77. The lowest BCUT2D eigenvalue weighted by atomic mass is 9.72. The lowest BCUT2D eigenvalue weighted by Crippen LogP contribution is -2.58. The molecule has 6 nitrogen and oxygen atoms in total. The molecule has 4 atom stereocenters. The van der Waals surface area contributed by atoms with Crippen LogP contribution >= 0.6 is 0 Å². The number of anilines is 4. The monoisotopic (exact) mass is 420 g/mol. The molecule has 0 fully saturated rings. The Balaban J connectivity index is 1.54. The average molecular weight is 421 g/mol. The Morgan fingerprint density at radius 3 is 2.38 bits per heavy atom. The first kappa shape index (κ1) is 17.8. The van der Waals surface area contributed by atoms with Gasteiger partial charge in [0.2, 0.25) is 0 Å². The fourth-order valence-corrected chi connectivity index (χ4v) is 6.32. The van der Waals surface area contributed by atoms with Gasteiger partial charge in [-0.1, -0.05) is 43.0 Å². The Kier molecular flexibility index (Phi) is 3.42. The molecule has 2 aromatic carbocycles. The van der Waals surface area contributed by atoms with Crippen LogP contribution in [0, 0.1) is 5.92 Å². The molecular weight excluding hydrogens is 396 g/mol. The minimum Gasteiger partial charge on any atom is -0.358 e. The van der Waals surface area contributed by atoms with Gasteiger partial charge in [0.05, 0.1) is 5.69 Å². The summed E-state index contributed by atoms with van der Waals surface area (Å²) < 4.78 is 0. The van der Waals surface area contributed by atoms with Crippen molar-refractivity contribution < 1.29 is 0 Å². The SMILES string of the molecule is C=C1c2ccccc2N2C=CN(C)C2C2C1c1ccccc1N1c3nccnc3N(C)C21. The summed E-state index contributed by atoms with van der Waals surface area (Å²) in [6, 6.07) is 17.4. The smallest absolute Gasteiger partial charge is 0.178 e. The quantitative estimate of drug-likeness (QED) is 0.537. The van der Waals surface area contributed by atoms with Crippen LogP contribution in [-0.4, -0.2) is 41.3 Å². The molecule has 0 spiro atoms. The van der Waals surface area contributed by atoms with Gasteiger partial charge < -0.3 is 19.6 Å². The Hall–Kier alpha value is -3.80. The highest BCUT2D eigenvalue weighted by atomic mass is 15.5. The van der Waals surface area contributed by atoms with Gasteiger partial charge in [-0.2, -0.15) is 0 Å². The zero-order chi connectivity index (χ0) is 21.6.